The first kappa shape index (κ1) is 39.9. The van der Waals surface area contributed by atoms with Gasteiger partial charge in [-0.05, 0) is 100 Å². The predicted molar refractivity (Wildman–Crippen MR) is 214 cm³/mol. The summed E-state index contributed by atoms with van der Waals surface area (Å²) in [7, 11) is 3.14. The fraction of sp³-hybridized carbons (Fsp3) is 0.442. The summed E-state index contributed by atoms with van der Waals surface area (Å²) in [4.78, 5) is 56.5. The minimum absolute atomic E-state index is 0.188. The number of anilines is 1. The first-order valence-corrected chi connectivity index (χ1v) is 20.0. The van der Waals surface area contributed by atoms with Crippen molar-refractivity contribution in [1.29, 1.82) is 0 Å². The van der Waals surface area contributed by atoms with Crippen molar-refractivity contribution in [2.24, 2.45) is 18.9 Å². The molecular formula is C43H45F3N8O5. The molecule has 59 heavy (non-hydrogen) atoms. The Bertz CT molecular complexity index is 2550. The Balaban J connectivity index is 0.829. The Morgan fingerprint density at radius 3 is 2.47 bits per heavy atom. The van der Waals surface area contributed by atoms with Gasteiger partial charge in [0.2, 0.25) is 11.8 Å². The number of carbonyl (C=O) groups excluding carboxylic acids is 3. The van der Waals surface area contributed by atoms with Crippen LogP contribution in [0.15, 0.2) is 59.5 Å². The number of piperidine rings is 2. The average molecular weight is 811 g/mol. The molecule has 3 aromatic heterocycles. The van der Waals surface area contributed by atoms with E-state index in [9.17, 15) is 32.3 Å². The summed E-state index contributed by atoms with van der Waals surface area (Å²) >= 11 is 0. The second-order valence-corrected chi connectivity index (χ2v) is 15.9. The van der Waals surface area contributed by atoms with E-state index in [0.29, 0.717) is 39.8 Å². The van der Waals surface area contributed by atoms with Crippen LogP contribution in [0.1, 0.15) is 91.6 Å². The van der Waals surface area contributed by atoms with E-state index in [1.165, 1.54) is 22.3 Å². The maximum atomic E-state index is 13.3. The number of ether oxygens (including phenoxy) is 1. The first-order valence-electron chi connectivity index (χ1n) is 20.0. The van der Waals surface area contributed by atoms with Gasteiger partial charge in [-0.2, -0.15) is 18.3 Å². The second kappa shape index (κ2) is 16.4. The third kappa shape index (κ3) is 8.34. The molecule has 1 saturated carbocycles. The van der Waals surface area contributed by atoms with E-state index < -0.39 is 29.7 Å². The summed E-state index contributed by atoms with van der Waals surface area (Å²) in [6, 6.07) is 11.7. The lowest BCUT2D eigenvalue weighted by atomic mass is 9.85. The van der Waals surface area contributed by atoms with Gasteiger partial charge in [0.05, 0.1) is 41.0 Å². The minimum Gasteiger partial charge on any atom is -0.494 e. The third-order valence-electron chi connectivity index (χ3n) is 12.0. The molecule has 2 aliphatic heterocycles. The molecule has 13 nitrogen and oxygen atoms in total. The molecule has 308 valence electrons. The van der Waals surface area contributed by atoms with Crippen LogP contribution in [-0.4, -0.2) is 73.3 Å². The predicted octanol–water partition coefficient (Wildman–Crippen LogP) is 6.23. The Morgan fingerprint density at radius 2 is 1.75 bits per heavy atom. The van der Waals surface area contributed by atoms with Crippen molar-refractivity contribution in [3.63, 3.8) is 0 Å². The highest BCUT2D eigenvalue weighted by atomic mass is 19.4. The quantitative estimate of drug-likeness (QED) is 0.139. The number of fused-ring (bicyclic) bond motifs is 2. The molecule has 2 N–H and O–H groups in total. The van der Waals surface area contributed by atoms with E-state index in [2.05, 4.69) is 32.4 Å². The highest BCUT2D eigenvalue weighted by Gasteiger charge is 2.34. The van der Waals surface area contributed by atoms with Crippen molar-refractivity contribution in [1.82, 2.24) is 34.1 Å². The molecule has 1 atom stereocenters. The number of halogens is 3. The Labute approximate surface area is 337 Å². The largest absolute Gasteiger partial charge is 0.494 e. The van der Waals surface area contributed by atoms with Gasteiger partial charge in [-0.15, -0.1) is 0 Å². The van der Waals surface area contributed by atoms with E-state index in [-0.39, 0.29) is 36.2 Å². The van der Waals surface area contributed by atoms with E-state index in [4.69, 9.17) is 9.84 Å². The van der Waals surface area contributed by atoms with Crippen LogP contribution < -0.4 is 21.1 Å². The number of aromatic nitrogens is 5. The minimum atomic E-state index is -4.67. The van der Waals surface area contributed by atoms with Gasteiger partial charge in [0, 0.05) is 44.1 Å². The molecule has 3 aliphatic rings. The number of para-hydroxylation sites is 1. The molecule has 0 spiro atoms. The smallest absolute Gasteiger partial charge is 0.433 e. The van der Waals surface area contributed by atoms with Crippen molar-refractivity contribution >= 4 is 45.3 Å². The number of methoxy groups -OCH3 is 1. The third-order valence-corrected chi connectivity index (χ3v) is 12.0. The van der Waals surface area contributed by atoms with Crippen molar-refractivity contribution in [3.05, 3.63) is 82.2 Å². The number of amides is 3. The number of nitrogens with one attached hydrogen (secondary N) is 2. The number of hydrogen-bond donors (Lipinski definition) is 2. The Morgan fingerprint density at radius 1 is 0.983 bits per heavy atom. The monoisotopic (exact) mass is 810 g/mol. The molecule has 2 saturated heterocycles. The van der Waals surface area contributed by atoms with Gasteiger partial charge >= 0.3 is 11.9 Å². The number of alkyl halides is 3. The van der Waals surface area contributed by atoms with E-state index in [1.54, 1.807) is 19.2 Å². The van der Waals surface area contributed by atoms with Gasteiger partial charge in [0.15, 0.2) is 0 Å². The van der Waals surface area contributed by atoms with Crippen LogP contribution in [-0.2, 0) is 22.8 Å². The van der Waals surface area contributed by atoms with Gasteiger partial charge in [-0.1, -0.05) is 24.0 Å². The lowest BCUT2D eigenvalue weighted by Crippen LogP contribution is -2.44. The number of carbonyl (C=O) groups is 3. The van der Waals surface area contributed by atoms with E-state index in [0.717, 1.165) is 87.7 Å². The number of pyridine rings is 1. The topological polar surface area (TPSA) is 145 Å². The van der Waals surface area contributed by atoms with Gasteiger partial charge in [0.25, 0.3) is 5.91 Å². The second-order valence-electron chi connectivity index (χ2n) is 15.9. The fourth-order valence-electron chi connectivity index (χ4n) is 8.82. The molecular weight excluding hydrogens is 766 g/mol. The molecule has 2 aromatic carbocycles. The van der Waals surface area contributed by atoms with Crippen molar-refractivity contribution < 1.29 is 32.3 Å². The molecule has 0 radical (unpaired) electrons. The molecule has 1 unspecified atom stereocenters. The summed E-state index contributed by atoms with van der Waals surface area (Å²) < 4.78 is 50.0. The number of benzene rings is 2. The molecule has 5 aromatic rings. The number of imide groups is 1. The first-order chi connectivity index (χ1) is 28.4. The van der Waals surface area contributed by atoms with Crippen LogP contribution in [0.2, 0.25) is 0 Å². The zero-order valence-electron chi connectivity index (χ0n) is 32.8. The van der Waals surface area contributed by atoms with Crippen LogP contribution in [0.4, 0.5) is 18.9 Å². The van der Waals surface area contributed by atoms with Gasteiger partial charge < -0.3 is 15.0 Å². The molecule has 16 heteroatoms. The number of hydrogen-bond acceptors (Lipinski definition) is 8. The lowest BCUT2D eigenvalue weighted by Gasteiger charge is -2.36. The summed E-state index contributed by atoms with van der Waals surface area (Å²) in [6.07, 6.45) is 4.80. The highest BCUT2D eigenvalue weighted by molar-refractivity contribution is 6.05. The maximum absolute atomic E-state index is 13.3. The van der Waals surface area contributed by atoms with Crippen LogP contribution in [0.3, 0.4) is 0 Å². The van der Waals surface area contributed by atoms with Crippen molar-refractivity contribution in [3.8, 4) is 17.6 Å². The summed E-state index contributed by atoms with van der Waals surface area (Å²) in [5, 5.41) is 10.6. The zero-order valence-corrected chi connectivity index (χ0v) is 32.8. The van der Waals surface area contributed by atoms with Crippen LogP contribution in [0, 0.1) is 23.7 Å². The molecule has 8 rings (SSSR count). The van der Waals surface area contributed by atoms with Gasteiger partial charge in [-0.3, -0.25) is 33.5 Å². The SMILES string of the molecule is COc1cc2nn(C3CCC(CN4CCC(CC#Cc5cccc6c5n(C)c(=O)n6C5CCC(=O)NC5=O)CC4)CC3)cc2cc1NC(=O)c1cccc(C(F)(F)F)n1. The number of likely N-dealkylation sites (tertiary alicyclic amines) is 1. The highest BCUT2D eigenvalue weighted by Crippen LogP contribution is 2.36. The lowest BCUT2D eigenvalue weighted by molar-refractivity contribution is -0.141. The summed E-state index contributed by atoms with van der Waals surface area (Å²) in [6.45, 7) is 3.12. The molecule has 3 fully saturated rings. The van der Waals surface area contributed by atoms with Crippen molar-refractivity contribution in [2.75, 3.05) is 32.1 Å². The van der Waals surface area contributed by atoms with Crippen LogP contribution in [0.25, 0.3) is 21.9 Å². The summed E-state index contributed by atoms with van der Waals surface area (Å²) in [5.41, 5.74) is 1.27. The maximum Gasteiger partial charge on any atom is 0.433 e. The number of nitrogens with zero attached hydrogens (tertiary/aromatic N) is 6. The van der Waals surface area contributed by atoms with E-state index >= 15 is 0 Å². The van der Waals surface area contributed by atoms with Gasteiger partial charge in [0.1, 0.15) is 23.2 Å². The van der Waals surface area contributed by atoms with Gasteiger partial charge in [-0.25, -0.2) is 9.78 Å². The molecule has 1 aliphatic carbocycles. The number of rotatable bonds is 8. The van der Waals surface area contributed by atoms with Crippen LogP contribution >= 0.6 is 0 Å². The summed E-state index contributed by atoms with van der Waals surface area (Å²) in [5.74, 6) is 6.56. The zero-order chi connectivity index (χ0) is 41.4. The Hall–Kier alpha value is -5.95. The fourth-order valence-corrected chi connectivity index (χ4v) is 8.82. The van der Waals surface area contributed by atoms with Crippen molar-refractivity contribution in [2.45, 2.75) is 76.0 Å². The molecule has 5 heterocycles. The number of imidazole rings is 1. The average Bonchev–Trinajstić information content (AvgIpc) is 3.75. The molecule has 3 amide bonds. The normalized spacial score (nSPS) is 20.7. The van der Waals surface area contributed by atoms with E-state index in [1.807, 2.05) is 29.1 Å². The standard InChI is InChI=1S/C43H45F3N8O5/c1-51-39-28(8-4-10-34(39)54(42(51)58)35-16-17-38(55)49-41(35)57)7-3-6-26-18-20-52(21-19-26)24-27-12-14-30(15-13-27)53-25-29-22-33(36(59-2)23-32(29)50-53)48-40(56)31-9-5-11-37(47-31)43(44,45)46/h4-5,8-11,22-23,25-27,30,35H,6,12-21,24H2,1-2H3,(H,48,56)(H,49,55,57). The Kier molecular flexibility index (Phi) is 11.1. The number of aryl methyl sites for hydroxylation is 1. The van der Waals surface area contributed by atoms with Crippen LogP contribution in [0.5, 0.6) is 5.75 Å². The molecule has 0 bridgehead atoms.